The second-order valence-electron chi connectivity index (χ2n) is 2.36. The highest BCUT2D eigenvalue weighted by atomic mass is 19.1. The summed E-state index contributed by atoms with van der Waals surface area (Å²) in [6.45, 7) is -0.181. The molecule has 0 aliphatic carbocycles. The molecule has 60 valence electrons. The molecule has 0 fully saturated rings. The molecule has 0 aromatic heterocycles. The van der Waals surface area contributed by atoms with Crippen LogP contribution in [0.5, 0.6) is 0 Å². The highest BCUT2D eigenvalue weighted by Crippen LogP contribution is 2.13. The Hall–Kier alpha value is -1.09. The lowest BCUT2D eigenvalue weighted by molar-refractivity contribution is 0.350. The zero-order chi connectivity index (χ0) is 8.97. The first-order valence-electron chi connectivity index (χ1n) is 3.55. The van der Waals surface area contributed by atoms with Gasteiger partial charge in [0.15, 0.2) is 0 Å². The van der Waals surface area contributed by atoms with Gasteiger partial charge >= 0.3 is 0 Å². The van der Waals surface area contributed by atoms with Crippen molar-refractivity contribution in [3.8, 4) is 0 Å². The van der Waals surface area contributed by atoms with Crippen molar-refractivity contribution >= 4 is 13.4 Å². The minimum Gasteiger partial charge on any atom is -0.392 e. The zero-order valence-electron chi connectivity index (χ0n) is 6.50. The number of hydrogen-bond acceptors (Lipinski definition) is 1. The quantitative estimate of drug-likeness (QED) is 0.650. The van der Waals surface area contributed by atoms with Crippen LogP contribution in [0.15, 0.2) is 30.2 Å². The number of aliphatic hydroxyl groups is 1. The Balaban J connectivity index is 3.02. The highest BCUT2D eigenvalue weighted by molar-refractivity contribution is 6.20. The molecule has 0 bridgehead atoms. The molecular formula is C9H8BFO. The van der Waals surface area contributed by atoms with Gasteiger partial charge in [0, 0.05) is 0 Å². The van der Waals surface area contributed by atoms with Gasteiger partial charge in [0.05, 0.1) is 6.61 Å². The normalized spacial score (nSPS) is 11.7. The van der Waals surface area contributed by atoms with Gasteiger partial charge in [-0.1, -0.05) is 12.1 Å². The van der Waals surface area contributed by atoms with Crippen molar-refractivity contribution in [2.45, 2.75) is 0 Å². The van der Waals surface area contributed by atoms with Crippen LogP contribution >= 0.6 is 0 Å². The number of hydrogen-bond donors (Lipinski definition) is 1. The fourth-order valence-electron chi connectivity index (χ4n) is 0.928. The summed E-state index contributed by atoms with van der Waals surface area (Å²) in [4.78, 5) is 0. The minimum absolute atomic E-state index is 0.181. The van der Waals surface area contributed by atoms with Crippen LogP contribution in [0.1, 0.15) is 5.56 Å². The smallest absolute Gasteiger partial charge is 0.123 e. The number of rotatable bonds is 2. The molecule has 1 rings (SSSR count). The van der Waals surface area contributed by atoms with Crippen molar-refractivity contribution < 1.29 is 9.50 Å². The second-order valence-corrected chi connectivity index (χ2v) is 2.36. The van der Waals surface area contributed by atoms with Crippen LogP contribution < -0.4 is 0 Å². The predicted molar refractivity (Wildman–Crippen MR) is 47.2 cm³/mol. The van der Waals surface area contributed by atoms with Crippen molar-refractivity contribution in [2.24, 2.45) is 0 Å². The lowest BCUT2D eigenvalue weighted by atomic mass is 9.99. The molecule has 0 saturated carbocycles. The molecule has 0 atom stereocenters. The first-order chi connectivity index (χ1) is 5.77. The van der Waals surface area contributed by atoms with Gasteiger partial charge < -0.3 is 5.11 Å². The third-order valence-corrected chi connectivity index (χ3v) is 1.57. The van der Waals surface area contributed by atoms with Crippen LogP contribution in [0.2, 0.25) is 0 Å². The summed E-state index contributed by atoms with van der Waals surface area (Å²) < 4.78 is 12.7. The van der Waals surface area contributed by atoms with Crippen molar-refractivity contribution in [1.82, 2.24) is 0 Å². The molecular weight excluding hydrogens is 154 g/mol. The third-order valence-electron chi connectivity index (χ3n) is 1.57. The molecule has 2 radical (unpaired) electrons. The average molecular weight is 162 g/mol. The van der Waals surface area contributed by atoms with Gasteiger partial charge in [0.25, 0.3) is 0 Å². The first-order valence-corrected chi connectivity index (χ1v) is 3.55. The Morgan fingerprint density at radius 2 is 2.33 bits per heavy atom. The van der Waals surface area contributed by atoms with Crippen LogP contribution in [0.25, 0.3) is 5.57 Å². The lowest BCUT2D eigenvalue weighted by Gasteiger charge is -2.02. The van der Waals surface area contributed by atoms with Crippen molar-refractivity contribution in [1.29, 1.82) is 0 Å². The van der Waals surface area contributed by atoms with Crippen molar-refractivity contribution in [3.05, 3.63) is 41.6 Å². The summed E-state index contributed by atoms with van der Waals surface area (Å²) >= 11 is 0. The third kappa shape index (κ3) is 1.95. The van der Waals surface area contributed by atoms with E-state index in [9.17, 15) is 4.39 Å². The average Bonchev–Trinajstić information content (AvgIpc) is 2.07. The van der Waals surface area contributed by atoms with E-state index in [4.69, 9.17) is 13.0 Å². The van der Waals surface area contributed by atoms with E-state index in [1.165, 1.54) is 18.1 Å². The monoisotopic (exact) mass is 162 g/mol. The van der Waals surface area contributed by atoms with E-state index in [1.807, 2.05) is 0 Å². The number of halogens is 1. The molecule has 0 amide bonds. The van der Waals surface area contributed by atoms with Crippen molar-refractivity contribution in [2.75, 3.05) is 6.61 Å². The Kier molecular flexibility index (Phi) is 3.05. The summed E-state index contributed by atoms with van der Waals surface area (Å²) in [5.74, 6) is 0.940. The summed E-state index contributed by atoms with van der Waals surface area (Å²) in [6.07, 6.45) is 0. The van der Waals surface area contributed by atoms with Gasteiger partial charge in [-0.25, -0.2) is 4.39 Å². The SMILES string of the molecule is [B]/C=C(\CO)c1cccc(F)c1. The van der Waals surface area contributed by atoms with Crippen LogP contribution in [0, 0.1) is 5.82 Å². The Morgan fingerprint density at radius 1 is 1.58 bits per heavy atom. The zero-order valence-corrected chi connectivity index (χ0v) is 6.50. The molecule has 0 saturated heterocycles. The van der Waals surface area contributed by atoms with E-state index in [2.05, 4.69) is 0 Å². The van der Waals surface area contributed by atoms with E-state index in [-0.39, 0.29) is 12.4 Å². The Bertz CT molecular complexity index is 296. The second kappa shape index (κ2) is 4.07. The van der Waals surface area contributed by atoms with Gasteiger partial charge in [-0.3, -0.25) is 0 Å². The molecule has 0 unspecified atom stereocenters. The summed E-state index contributed by atoms with van der Waals surface area (Å²) in [5.41, 5.74) is 1.13. The summed E-state index contributed by atoms with van der Waals surface area (Å²) in [6, 6.07) is 5.94. The largest absolute Gasteiger partial charge is 0.392 e. The van der Waals surface area contributed by atoms with E-state index in [0.29, 0.717) is 11.1 Å². The maximum Gasteiger partial charge on any atom is 0.123 e. The molecule has 1 N–H and O–H groups in total. The fourth-order valence-corrected chi connectivity index (χ4v) is 0.928. The lowest BCUT2D eigenvalue weighted by Crippen LogP contribution is -1.91. The van der Waals surface area contributed by atoms with Gasteiger partial charge in [-0.2, -0.15) is 0 Å². The predicted octanol–water partition coefficient (Wildman–Crippen LogP) is 1.33. The summed E-state index contributed by atoms with van der Waals surface area (Å²) in [5, 5.41) is 8.80. The number of aliphatic hydroxyl groups excluding tert-OH is 1. The van der Waals surface area contributed by atoms with Gasteiger partial charge in [-0.05, 0) is 23.3 Å². The van der Waals surface area contributed by atoms with Crippen molar-refractivity contribution in [3.63, 3.8) is 0 Å². The maximum atomic E-state index is 12.7. The van der Waals surface area contributed by atoms with Crippen LogP contribution in [0.3, 0.4) is 0 Å². The maximum absolute atomic E-state index is 12.7. The molecule has 3 heteroatoms. The van der Waals surface area contributed by atoms with E-state index in [0.717, 1.165) is 0 Å². The Labute approximate surface area is 71.9 Å². The molecule has 1 aromatic rings. The van der Waals surface area contributed by atoms with E-state index in [1.54, 1.807) is 12.1 Å². The molecule has 1 aromatic carbocycles. The van der Waals surface area contributed by atoms with Crippen LogP contribution in [-0.2, 0) is 0 Å². The van der Waals surface area contributed by atoms with E-state index >= 15 is 0 Å². The highest BCUT2D eigenvalue weighted by Gasteiger charge is 1.98. The standard InChI is InChI=1S/C9H8BFO/c10-5-8(6-12)7-2-1-3-9(11)4-7/h1-5,12H,6H2/b8-5+. The molecule has 1 nitrogen and oxygen atoms in total. The molecule has 0 aliphatic heterocycles. The Morgan fingerprint density at radius 3 is 2.83 bits per heavy atom. The van der Waals surface area contributed by atoms with Gasteiger partial charge in [-0.15, -0.1) is 5.98 Å². The van der Waals surface area contributed by atoms with Crippen LogP contribution in [0.4, 0.5) is 4.39 Å². The van der Waals surface area contributed by atoms with Gasteiger partial charge in [0.2, 0.25) is 0 Å². The minimum atomic E-state index is -0.333. The van der Waals surface area contributed by atoms with E-state index < -0.39 is 0 Å². The number of benzene rings is 1. The molecule has 0 heterocycles. The topological polar surface area (TPSA) is 20.2 Å². The van der Waals surface area contributed by atoms with Crippen LogP contribution in [-0.4, -0.2) is 19.6 Å². The molecule has 0 aliphatic rings. The van der Waals surface area contributed by atoms with Gasteiger partial charge in [0.1, 0.15) is 13.7 Å². The molecule has 0 spiro atoms. The molecule has 12 heavy (non-hydrogen) atoms. The fraction of sp³-hybridized carbons (Fsp3) is 0.111. The first kappa shape index (κ1) is 9.01. The summed E-state index contributed by atoms with van der Waals surface area (Å²) in [7, 11) is 5.22.